The van der Waals surface area contributed by atoms with E-state index in [0.717, 1.165) is 57.7 Å². The molecule has 146 valence electrons. The SMILES string of the molecule is CCN1CCC[C@H]1CNC(=O)CCC1CCN(Cc2ccc(Cl)o2)CC1. The maximum absolute atomic E-state index is 12.2. The predicted molar refractivity (Wildman–Crippen MR) is 104 cm³/mol. The second-order valence-corrected chi connectivity index (χ2v) is 8.07. The smallest absolute Gasteiger partial charge is 0.220 e. The Bertz CT molecular complexity index is 569. The number of hydrogen-bond donors (Lipinski definition) is 1. The molecule has 2 aliphatic rings. The Morgan fingerprint density at radius 3 is 2.77 bits per heavy atom. The minimum atomic E-state index is 0.223. The number of piperidine rings is 1. The van der Waals surface area contributed by atoms with Crippen LogP contribution in [0.1, 0.15) is 51.2 Å². The highest BCUT2D eigenvalue weighted by molar-refractivity contribution is 6.28. The van der Waals surface area contributed by atoms with Gasteiger partial charge in [0.2, 0.25) is 5.91 Å². The third kappa shape index (κ3) is 5.73. The summed E-state index contributed by atoms with van der Waals surface area (Å²) >= 11 is 5.83. The first-order chi connectivity index (χ1) is 12.6. The first kappa shape index (κ1) is 19.7. The van der Waals surface area contributed by atoms with Crippen molar-refractivity contribution in [1.29, 1.82) is 0 Å². The van der Waals surface area contributed by atoms with Crippen molar-refractivity contribution in [3.8, 4) is 0 Å². The van der Waals surface area contributed by atoms with Crippen LogP contribution in [0.5, 0.6) is 0 Å². The van der Waals surface area contributed by atoms with Gasteiger partial charge in [0.15, 0.2) is 5.22 Å². The van der Waals surface area contributed by atoms with Crippen molar-refractivity contribution in [3.63, 3.8) is 0 Å². The number of nitrogens with zero attached hydrogens (tertiary/aromatic N) is 2. The number of carbonyl (C=O) groups excluding carboxylic acids is 1. The monoisotopic (exact) mass is 381 g/mol. The van der Waals surface area contributed by atoms with Gasteiger partial charge >= 0.3 is 0 Å². The number of amides is 1. The lowest BCUT2D eigenvalue weighted by atomic mass is 9.92. The number of nitrogens with one attached hydrogen (secondary N) is 1. The molecule has 1 aromatic rings. The number of likely N-dealkylation sites (N-methyl/N-ethyl adjacent to an activating group) is 1. The topological polar surface area (TPSA) is 48.7 Å². The van der Waals surface area contributed by atoms with Crippen molar-refractivity contribution in [1.82, 2.24) is 15.1 Å². The summed E-state index contributed by atoms with van der Waals surface area (Å²) in [5, 5.41) is 3.62. The van der Waals surface area contributed by atoms with Gasteiger partial charge in [0.1, 0.15) is 5.76 Å². The highest BCUT2D eigenvalue weighted by Crippen LogP contribution is 2.24. The van der Waals surface area contributed by atoms with Gasteiger partial charge in [-0.05, 0) is 87.9 Å². The molecule has 5 nitrogen and oxygen atoms in total. The minimum Gasteiger partial charge on any atom is -0.448 e. The molecule has 1 amide bonds. The predicted octanol–water partition coefficient (Wildman–Crippen LogP) is 3.53. The van der Waals surface area contributed by atoms with Crippen molar-refractivity contribution >= 4 is 17.5 Å². The van der Waals surface area contributed by atoms with Gasteiger partial charge < -0.3 is 9.73 Å². The number of likely N-dealkylation sites (tertiary alicyclic amines) is 2. The van der Waals surface area contributed by atoms with Crippen molar-refractivity contribution in [3.05, 3.63) is 23.1 Å². The lowest BCUT2D eigenvalue weighted by Crippen LogP contribution is -2.40. The Morgan fingerprint density at radius 2 is 2.08 bits per heavy atom. The van der Waals surface area contributed by atoms with Crippen LogP contribution in [0.2, 0.25) is 5.22 Å². The first-order valence-electron chi connectivity index (χ1n) is 10.1. The number of furan rings is 1. The van der Waals surface area contributed by atoms with Gasteiger partial charge in [0.25, 0.3) is 0 Å². The maximum Gasteiger partial charge on any atom is 0.220 e. The highest BCUT2D eigenvalue weighted by Gasteiger charge is 2.24. The summed E-state index contributed by atoms with van der Waals surface area (Å²) in [6.45, 7) is 8.25. The van der Waals surface area contributed by atoms with E-state index in [9.17, 15) is 4.79 Å². The largest absolute Gasteiger partial charge is 0.448 e. The van der Waals surface area contributed by atoms with E-state index >= 15 is 0 Å². The van der Waals surface area contributed by atoms with Gasteiger partial charge in [0, 0.05) is 19.0 Å². The Kier molecular flexibility index (Phi) is 7.41. The minimum absolute atomic E-state index is 0.223. The van der Waals surface area contributed by atoms with Gasteiger partial charge in [-0.1, -0.05) is 6.92 Å². The molecule has 2 saturated heterocycles. The van der Waals surface area contributed by atoms with Crippen molar-refractivity contribution in [2.45, 2.75) is 58.0 Å². The standard InChI is InChI=1S/C20H32ClN3O2/c1-2-24-11-3-4-17(24)14-22-20(25)8-5-16-9-12-23(13-10-16)15-18-6-7-19(21)26-18/h6-7,16-17H,2-5,8-15H2,1H3,(H,22,25)/t17-/m0/s1. The average Bonchev–Trinajstić information content (AvgIpc) is 3.27. The van der Waals surface area contributed by atoms with E-state index in [-0.39, 0.29) is 5.91 Å². The van der Waals surface area contributed by atoms with Crippen molar-refractivity contribution < 1.29 is 9.21 Å². The van der Waals surface area contributed by atoms with Crippen LogP contribution in [0.15, 0.2) is 16.5 Å². The van der Waals surface area contributed by atoms with Gasteiger partial charge in [-0.15, -0.1) is 0 Å². The van der Waals surface area contributed by atoms with Gasteiger partial charge in [-0.2, -0.15) is 0 Å². The van der Waals surface area contributed by atoms with Crippen LogP contribution >= 0.6 is 11.6 Å². The van der Waals surface area contributed by atoms with E-state index < -0.39 is 0 Å². The lowest BCUT2D eigenvalue weighted by molar-refractivity contribution is -0.121. The molecule has 0 saturated carbocycles. The fourth-order valence-corrected chi connectivity index (χ4v) is 4.45. The Morgan fingerprint density at radius 1 is 1.27 bits per heavy atom. The summed E-state index contributed by atoms with van der Waals surface area (Å²) < 4.78 is 5.44. The molecule has 3 heterocycles. The molecule has 0 spiro atoms. The van der Waals surface area contributed by atoms with Crippen LogP contribution < -0.4 is 5.32 Å². The molecule has 26 heavy (non-hydrogen) atoms. The zero-order chi connectivity index (χ0) is 18.4. The summed E-state index contributed by atoms with van der Waals surface area (Å²) in [4.78, 5) is 17.1. The Labute approximate surface area is 162 Å². The van der Waals surface area contributed by atoms with Crippen LogP contribution in [0, 0.1) is 5.92 Å². The average molecular weight is 382 g/mol. The molecular weight excluding hydrogens is 350 g/mol. The first-order valence-corrected chi connectivity index (χ1v) is 10.5. The molecule has 1 atom stereocenters. The fourth-order valence-electron chi connectivity index (χ4n) is 4.29. The quantitative estimate of drug-likeness (QED) is 0.748. The summed E-state index contributed by atoms with van der Waals surface area (Å²) in [5.41, 5.74) is 0. The second-order valence-electron chi connectivity index (χ2n) is 7.69. The van der Waals surface area contributed by atoms with Crippen LogP contribution in [-0.4, -0.2) is 54.5 Å². The van der Waals surface area contributed by atoms with E-state index in [2.05, 4.69) is 22.0 Å². The zero-order valence-corrected chi connectivity index (χ0v) is 16.6. The maximum atomic E-state index is 12.2. The summed E-state index contributed by atoms with van der Waals surface area (Å²) in [5.74, 6) is 1.82. The summed E-state index contributed by atoms with van der Waals surface area (Å²) in [6.07, 6.45) is 6.47. The molecule has 2 aliphatic heterocycles. The van der Waals surface area contributed by atoms with Crippen molar-refractivity contribution in [2.24, 2.45) is 5.92 Å². The lowest BCUT2D eigenvalue weighted by Gasteiger charge is -2.31. The third-order valence-corrected chi connectivity index (χ3v) is 6.14. The second kappa shape index (κ2) is 9.77. The fraction of sp³-hybridized carbons (Fsp3) is 0.750. The van der Waals surface area contributed by atoms with Crippen molar-refractivity contribution in [2.75, 3.05) is 32.7 Å². The molecule has 1 aromatic heterocycles. The molecule has 0 radical (unpaired) electrons. The normalized spacial score (nSPS) is 22.8. The summed E-state index contributed by atoms with van der Waals surface area (Å²) in [6, 6.07) is 4.29. The van der Waals surface area contributed by atoms with E-state index in [1.807, 2.05) is 6.07 Å². The zero-order valence-electron chi connectivity index (χ0n) is 15.9. The number of rotatable bonds is 8. The Balaban J connectivity index is 1.29. The van der Waals surface area contributed by atoms with E-state index in [4.69, 9.17) is 16.0 Å². The van der Waals surface area contributed by atoms with Gasteiger partial charge in [-0.25, -0.2) is 0 Å². The van der Waals surface area contributed by atoms with E-state index in [0.29, 0.717) is 23.6 Å². The van der Waals surface area contributed by atoms with E-state index in [1.165, 1.54) is 19.4 Å². The van der Waals surface area contributed by atoms with Crippen LogP contribution in [-0.2, 0) is 11.3 Å². The van der Waals surface area contributed by atoms with Crippen LogP contribution in [0.4, 0.5) is 0 Å². The molecule has 0 bridgehead atoms. The molecule has 1 N–H and O–H groups in total. The van der Waals surface area contributed by atoms with Gasteiger partial charge in [0.05, 0.1) is 6.54 Å². The molecule has 3 rings (SSSR count). The molecule has 2 fully saturated rings. The van der Waals surface area contributed by atoms with Gasteiger partial charge in [-0.3, -0.25) is 14.6 Å². The summed E-state index contributed by atoms with van der Waals surface area (Å²) in [7, 11) is 0. The number of halogens is 1. The highest BCUT2D eigenvalue weighted by atomic mass is 35.5. The molecule has 0 unspecified atom stereocenters. The molecule has 6 heteroatoms. The number of carbonyl (C=O) groups is 1. The molecule has 0 aromatic carbocycles. The molecular formula is C20H32ClN3O2. The van der Waals surface area contributed by atoms with Crippen LogP contribution in [0.3, 0.4) is 0 Å². The van der Waals surface area contributed by atoms with E-state index in [1.54, 1.807) is 6.07 Å². The van der Waals surface area contributed by atoms with Crippen LogP contribution in [0.25, 0.3) is 0 Å². The molecule has 0 aliphatic carbocycles. The number of hydrogen-bond acceptors (Lipinski definition) is 4. The third-order valence-electron chi connectivity index (χ3n) is 5.94. The Hall–Kier alpha value is -1.04.